The second-order valence-corrected chi connectivity index (χ2v) is 10.2. The van der Waals surface area contributed by atoms with Crippen LogP contribution in [0.2, 0.25) is 0 Å². The lowest BCUT2D eigenvalue weighted by atomic mass is 10.1. The van der Waals surface area contributed by atoms with Crippen LogP contribution in [0.15, 0.2) is 64.9 Å². The van der Waals surface area contributed by atoms with Crippen LogP contribution in [0, 0.1) is 0 Å². The van der Waals surface area contributed by atoms with E-state index in [9.17, 15) is 13.2 Å². The van der Waals surface area contributed by atoms with Crippen molar-refractivity contribution >= 4 is 33.0 Å². The molecule has 2 aromatic carbocycles. The topological polar surface area (TPSA) is 75.7 Å². The lowest BCUT2D eigenvalue weighted by Crippen LogP contribution is -2.27. The zero-order valence-corrected chi connectivity index (χ0v) is 18.1. The molecule has 0 saturated carbocycles. The summed E-state index contributed by atoms with van der Waals surface area (Å²) in [5.74, 6) is 0.482. The van der Waals surface area contributed by atoms with E-state index in [1.807, 2.05) is 6.07 Å². The maximum Gasteiger partial charge on any atom is 0.255 e. The summed E-state index contributed by atoms with van der Waals surface area (Å²) in [6.45, 7) is 1.16. The van der Waals surface area contributed by atoms with Crippen LogP contribution in [0.4, 0.5) is 5.69 Å². The fourth-order valence-corrected chi connectivity index (χ4v) is 6.33. The molecule has 6 nitrogen and oxygen atoms in total. The Hall–Kier alpha value is -2.68. The monoisotopic (exact) mass is 442 g/mol. The summed E-state index contributed by atoms with van der Waals surface area (Å²) in [7, 11) is -1.85. The summed E-state index contributed by atoms with van der Waals surface area (Å²) >= 11 is 1.23. The van der Waals surface area contributed by atoms with Gasteiger partial charge in [0.2, 0.25) is 0 Å². The largest absolute Gasteiger partial charge is 0.497 e. The number of carbonyl (C=O) groups is 1. The minimum Gasteiger partial charge on any atom is -0.497 e. The second-order valence-electron chi connectivity index (χ2n) is 6.99. The van der Waals surface area contributed by atoms with Crippen molar-refractivity contribution in [2.75, 3.05) is 25.5 Å². The number of hydrogen-bond donors (Lipinski definition) is 1. The maximum atomic E-state index is 12.8. The van der Waals surface area contributed by atoms with Gasteiger partial charge in [-0.2, -0.15) is 4.31 Å². The fraction of sp³-hybridized carbons (Fsp3) is 0.227. The second kappa shape index (κ2) is 8.59. The molecule has 1 aliphatic rings. The molecule has 0 radical (unpaired) electrons. The average Bonchev–Trinajstić information content (AvgIpc) is 3.47. The molecule has 156 valence electrons. The third kappa shape index (κ3) is 4.26. The SMILES string of the molecule is COc1ccc(NC(=O)c2cccc(-c3ccc(S(=O)(=O)N4CCCC4)s3)c2)cc1. The average molecular weight is 443 g/mol. The Morgan fingerprint density at radius 2 is 1.77 bits per heavy atom. The van der Waals surface area contributed by atoms with Gasteiger partial charge < -0.3 is 10.1 Å². The molecule has 1 fully saturated rings. The van der Waals surface area contributed by atoms with Crippen molar-refractivity contribution < 1.29 is 17.9 Å². The first kappa shape index (κ1) is 20.6. The van der Waals surface area contributed by atoms with Crippen LogP contribution in [0.1, 0.15) is 23.2 Å². The normalized spacial score (nSPS) is 14.6. The number of carbonyl (C=O) groups excluding carboxylic acids is 1. The van der Waals surface area contributed by atoms with Crippen molar-refractivity contribution in [1.82, 2.24) is 4.31 Å². The minimum atomic E-state index is -3.44. The molecule has 0 unspecified atom stereocenters. The third-order valence-corrected chi connectivity index (χ3v) is 8.50. The molecule has 8 heteroatoms. The number of thiophene rings is 1. The van der Waals surface area contributed by atoms with E-state index in [2.05, 4.69) is 5.32 Å². The van der Waals surface area contributed by atoms with Crippen molar-refractivity contribution in [2.24, 2.45) is 0 Å². The van der Waals surface area contributed by atoms with E-state index in [-0.39, 0.29) is 5.91 Å². The summed E-state index contributed by atoms with van der Waals surface area (Å²) in [6, 6.07) is 17.7. The van der Waals surface area contributed by atoms with Crippen LogP contribution < -0.4 is 10.1 Å². The van der Waals surface area contributed by atoms with Crippen molar-refractivity contribution in [3.8, 4) is 16.2 Å². The third-order valence-electron chi connectivity index (χ3n) is 5.00. The predicted molar refractivity (Wildman–Crippen MR) is 119 cm³/mol. The lowest BCUT2D eigenvalue weighted by molar-refractivity contribution is 0.102. The first-order chi connectivity index (χ1) is 14.5. The molecule has 0 spiro atoms. The number of rotatable bonds is 6. The van der Waals surface area contributed by atoms with Gasteiger partial charge in [0.05, 0.1) is 7.11 Å². The zero-order chi connectivity index (χ0) is 21.1. The van der Waals surface area contributed by atoms with Crippen molar-refractivity contribution in [3.63, 3.8) is 0 Å². The zero-order valence-electron chi connectivity index (χ0n) is 16.5. The van der Waals surface area contributed by atoms with Gasteiger partial charge in [0.1, 0.15) is 9.96 Å². The number of ether oxygens (including phenoxy) is 1. The van der Waals surface area contributed by atoms with Crippen molar-refractivity contribution in [3.05, 3.63) is 66.2 Å². The molecular formula is C22H22N2O4S2. The van der Waals surface area contributed by atoms with Crippen molar-refractivity contribution in [1.29, 1.82) is 0 Å². The Kier molecular flexibility index (Phi) is 5.90. The van der Waals surface area contributed by atoms with Gasteiger partial charge in [-0.25, -0.2) is 8.42 Å². The van der Waals surface area contributed by atoms with Crippen LogP contribution in [0.25, 0.3) is 10.4 Å². The molecule has 4 rings (SSSR count). The van der Waals surface area contributed by atoms with Crippen molar-refractivity contribution in [2.45, 2.75) is 17.1 Å². The van der Waals surface area contributed by atoms with Gasteiger partial charge in [0.25, 0.3) is 15.9 Å². The number of hydrogen-bond acceptors (Lipinski definition) is 5. The molecule has 0 aliphatic carbocycles. The van der Waals surface area contributed by atoms with Gasteiger partial charge in [-0.1, -0.05) is 12.1 Å². The summed E-state index contributed by atoms with van der Waals surface area (Å²) in [5, 5.41) is 2.86. The Morgan fingerprint density at radius 1 is 1.03 bits per heavy atom. The van der Waals surface area contributed by atoms with Crippen LogP contribution >= 0.6 is 11.3 Å². The summed E-state index contributed by atoms with van der Waals surface area (Å²) < 4.78 is 32.5. The van der Waals surface area contributed by atoms with Crippen LogP contribution in [0.5, 0.6) is 5.75 Å². The molecule has 1 aliphatic heterocycles. The highest BCUT2D eigenvalue weighted by Gasteiger charge is 2.28. The van der Waals surface area contributed by atoms with Gasteiger partial charge in [0, 0.05) is 29.2 Å². The molecule has 0 atom stereocenters. The molecule has 3 aromatic rings. The van der Waals surface area contributed by atoms with E-state index in [1.54, 1.807) is 66.0 Å². The van der Waals surface area contributed by atoms with E-state index in [4.69, 9.17) is 4.74 Å². The highest BCUT2D eigenvalue weighted by Crippen LogP contribution is 2.33. The lowest BCUT2D eigenvalue weighted by Gasteiger charge is -2.13. The van der Waals surface area contributed by atoms with E-state index >= 15 is 0 Å². The Balaban J connectivity index is 1.53. The first-order valence-electron chi connectivity index (χ1n) is 9.63. The summed E-state index contributed by atoms with van der Waals surface area (Å²) in [5.41, 5.74) is 1.98. The fourth-order valence-electron chi connectivity index (χ4n) is 3.36. The smallest absolute Gasteiger partial charge is 0.255 e. The first-order valence-corrected chi connectivity index (χ1v) is 11.9. The number of nitrogens with one attached hydrogen (secondary N) is 1. The Labute approximate surface area is 180 Å². The predicted octanol–water partition coefficient (Wildman–Crippen LogP) is 4.46. The Bertz CT molecular complexity index is 1150. The van der Waals surface area contributed by atoms with Crippen LogP contribution in [0.3, 0.4) is 0 Å². The van der Waals surface area contributed by atoms with Gasteiger partial charge in [-0.15, -0.1) is 11.3 Å². The number of methoxy groups -OCH3 is 1. The number of anilines is 1. The van der Waals surface area contributed by atoms with Gasteiger partial charge >= 0.3 is 0 Å². The van der Waals surface area contributed by atoms with Crippen LogP contribution in [-0.2, 0) is 10.0 Å². The number of sulfonamides is 1. The quantitative estimate of drug-likeness (QED) is 0.612. The van der Waals surface area contributed by atoms with E-state index < -0.39 is 10.0 Å². The van der Waals surface area contributed by atoms with Crippen LogP contribution in [-0.4, -0.2) is 38.8 Å². The van der Waals surface area contributed by atoms with Gasteiger partial charge in [-0.05, 0) is 66.9 Å². The minimum absolute atomic E-state index is 0.233. The molecule has 1 aromatic heterocycles. The van der Waals surface area contributed by atoms with Gasteiger partial charge in [0.15, 0.2) is 0 Å². The molecule has 2 heterocycles. The summed E-state index contributed by atoms with van der Waals surface area (Å²) in [4.78, 5) is 13.5. The molecule has 1 N–H and O–H groups in total. The highest BCUT2D eigenvalue weighted by atomic mass is 32.2. The Morgan fingerprint density at radius 3 is 2.47 bits per heavy atom. The number of benzene rings is 2. The van der Waals surface area contributed by atoms with E-state index in [1.165, 1.54) is 11.3 Å². The molecule has 30 heavy (non-hydrogen) atoms. The molecule has 1 saturated heterocycles. The number of nitrogens with zero attached hydrogens (tertiary/aromatic N) is 1. The number of amides is 1. The van der Waals surface area contributed by atoms with Gasteiger partial charge in [-0.3, -0.25) is 4.79 Å². The van der Waals surface area contributed by atoms with E-state index in [0.29, 0.717) is 34.3 Å². The maximum absolute atomic E-state index is 12.8. The molecular weight excluding hydrogens is 420 g/mol. The highest BCUT2D eigenvalue weighted by molar-refractivity contribution is 7.91. The molecule has 1 amide bonds. The standard InChI is InChI=1S/C22H22N2O4S2/c1-28-19-9-7-18(8-10-19)23-22(25)17-6-4-5-16(15-17)20-11-12-21(29-20)30(26,27)24-13-2-3-14-24/h4-12,15H,2-3,13-14H2,1H3,(H,23,25). The summed E-state index contributed by atoms with van der Waals surface area (Å²) in [6.07, 6.45) is 1.81. The van der Waals surface area contributed by atoms with E-state index in [0.717, 1.165) is 23.3 Å². The molecule has 0 bridgehead atoms.